The van der Waals surface area contributed by atoms with Crippen LogP contribution in [0.1, 0.15) is 33.6 Å². The van der Waals surface area contributed by atoms with Crippen molar-refractivity contribution in [2.45, 2.75) is 45.3 Å². The van der Waals surface area contributed by atoms with Gasteiger partial charge in [-0.2, -0.15) is 0 Å². The molecular formula is C11H18N2O3. The minimum absolute atomic E-state index is 0.358. The molecule has 0 N–H and O–H groups in total. The highest BCUT2D eigenvalue weighted by Gasteiger charge is 2.36. The molecule has 2 amide bonds. The highest BCUT2D eigenvalue weighted by molar-refractivity contribution is 5.89. The number of likely N-dealkylation sites (tertiary alicyclic amines) is 1. The molecule has 0 aliphatic carbocycles. The molecule has 1 atom stereocenters. The smallest absolute Gasteiger partial charge is 0.410 e. The molecule has 1 fully saturated rings. The summed E-state index contributed by atoms with van der Waals surface area (Å²) in [5, 5.41) is 0. The Morgan fingerprint density at radius 1 is 1.44 bits per heavy atom. The van der Waals surface area contributed by atoms with Gasteiger partial charge in [-0.25, -0.2) is 9.79 Å². The van der Waals surface area contributed by atoms with Crippen LogP contribution in [0.3, 0.4) is 0 Å². The van der Waals surface area contributed by atoms with Crippen molar-refractivity contribution in [2.24, 2.45) is 4.99 Å². The summed E-state index contributed by atoms with van der Waals surface area (Å²) in [5.41, 5.74) is -0.547. The van der Waals surface area contributed by atoms with E-state index in [0.29, 0.717) is 13.0 Å². The molecule has 0 unspecified atom stereocenters. The van der Waals surface area contributed by atoms with Crippen LogP contribution in [0, 0.1) is 0 Å². The Bertz CT molecular complexity index is 307. The summed E-state index contributed by atoms with van der Waals surface area (Å²) >= 11 is 0. The normalized spacial score (nSPS) is 20.7. The monoisotopic (exact) mass is 226 g/mol. The minimum Gasteiger partial charge on any atom is -0.444 e. The number of aliphatic imine (C=N–C) groups is 1. The molecule has 0 bridgehead atoms. The van der Waals surface area contributed by atoms with Crippen molar-refractivity contribution in [3.8, 4) is 0 Å². The van der Waals surface area contributed by atoms with E-state index in [0.717, 1.165) is 6.42 Å². The van der Waals surface area contributed by atoms with Crippen LogP contribution in [0.4, 0.5) is 4.79 Å². The standard InChI is InChI=1S/C11H18N2O3/c1-11(2,3)16-10(15)13-7-5-6-8(13)9(14)12-4/h8H,4-7H2,1-3H3/t8-/m0/s1. The lowest BCUT2D eigenvalue weighted by Crippen LogP contribution is -2.42. The zero-order valence-corrected chi connectivity index (χ0v) is 10.0. The second kappa shape index (κ2) is 4.63. The molecule has 0 radical (unpaired) electrons. The molecule has 5 heteroatoms. The summed E-state index contributed by atoms with van der Waals surface area (Å²) in [4.78, 5) is 28.0. The third-order valence-corrected chi connectivity index (χ3v) is 2.32. The van der Waals surface area contributed by atoms with Crippen LogP contribution in [0.15, 0.2) is 4.99 Å². The number of hydrogen-bond donors (Lipinski definition) is 0. The first kappa shape index (κ1) is 12.7. The molecule has 0 aromatic heterocycles. The maximum absolute atomic E-state index is 11.8. The zero-order valence-electron chi connectivity index (χ0n) is 10.0. The molecule has 1 aliphatic rings. The predicted molar refractivity (Wildman–Crippen MR) is 60.5 cm³/mol. The van der Waals surface area contributed by atoms with Gasteiger partial charge in [0.05, 0.1) is 0 Å². The highest BCUT2D eigenvalue weighted by Crippen LogP contribution is 2.21. The van der Waals surface area contributed by atoms with E-state index in [1.165, 1.54) is 4.90 Å². The number of ether oxygens (including phenoxy) is 1. The molecule has 0 aromatic carbocycles. The van der Waals surface area contributed by atoms with E-state index in [9.17, 15) is 9.59 Å². The van der Waals surface area contributed by atoms with Gasteiger partial charge in [0.25, 0.3) is 5.91 Å². The predicted octanol–water partition coefficient (Wildman–Crippen LogP) is 1.61. The van der Waals surface area contributed by atoms with Gasteiger partial charge in [-0.15, -0.1) is 0 Å². The van der Waals surface area contributed by atoms with Crippen molar-refractivity contribution in [2.75, 3.05) is 6.54 Å². The number of nitrogens with zero attached hydrogens (tertiary/aromatic N) is 2. The first-order valence-electron chi connectivity index (χ1n) is 5.35. The second-order valence-corrected chi connectivity index (χ2v) is 4.83. The Labute approximate surface area is 95.5 Å². The van der Waals surface area contributed by atoms with Crippen molar-refractivity contribution in [3.63, 3.8) is 0 Å². The van der Waals surface area contributed by atoms with E-state index >= 15 is 0 Å². The number of hydrogen-bond acceptors (Lipinski definition) is 3. The topological polar surface area (TPSA) is 59.0 Å². The third-order valence-electron chi connectivity index (χ3n) is 2.32. The van der Waals surface area contributed by atoms with Crippen LogP contribution in [0.5, 0.6) is 0 Å². The van der Waals surface area contributed by atoms with E-state index in [4.69, 9.17) is 4.74 Å². The number of rotatable bonds is 1. The fraction of sp³-hybridized carbons (Fsp3) is 0.727. The van der Waals surface area contributed by atoms with Gasteiger partial charge >= 0.3 is 6.09 Å². The van der Waals surface area contributed by atoms with Crippen LogP contribution in [0.2, 0.25) is 0 Å². The SMILES string of the molecule is C=NC(=O)[C@@H]1CCCN1C(=O)OC(C)(C)C. The fourth-order valence-corrected chi connectivity index (χ4v) is 1.67. The quantitative estimate of drug-likeness (QED) is 0.638. The number of carbonyl (C=O) groups is 2. The summed E-state index contributed by atoms with van der Waals surface area (Å²) < 4.78 is 5.22. The van der Waals surface area contributed by atoms with Gasteiger partial charge < -0.3 is 4.74 Å². The van der Waals surface area contributed by atoms with Gasteiger partial charge in [-0.1, -0.05) is 0 Å². The van der Waals surface area contributed by atoms with E-state index < -0.39 is 17.7 Å². The summed E-state index contributed by atoms with van der Waals surface area (Å²) in [7, 11) is 0. The zero-order chi connectivity index (χ0) is 12.3. The molecule has 16 heavy (non-hydrogen) atoms. The highest BCUT2D eigenvalue weighted by atomic mass is 16.6. The van der Waals surface area contributed by atoms with Crippen LogP contribution in [-0.2, 0) is 9.53 Å². The maximum Gasteiger partial charge on any atom is 0.410 e. The molecule has 1 aliphatic heterocycles. The lowest BCUT2D eigenvalue weighted by molar-refractivity contribution is -0.121. The number of carbonyl (C=O) groups excluding carboxylic acids is 2. The summed E-state index contributed by atoms with van der Waals surface area (Å²) in [6.07, 6.45) is 0.981. The Morgan fingerprint density at radius 2 is 2.06 bits per heavy atom. The largest absolute Gasteiger partial charge is 0.444 e. The molecule has 1 rings (SSSR count). The molecule has 5 nitrogen and oxygen atoms in total. The minimum atomic E-state index is -0.547. The van der Waals surface area contributed by atoms with Crippen molar-refractivity contribution in [1.82, 2.24) is 4.90 Å². The average molecular weight is 226 g/mol. The van der Waals surface area contributed by atoms with Gasteiger partial charge in [0.1, 0.15) is 11.6 Å². The first-order chi connectivity index (χ1) is 7.35. The van der Waals surface area contributed by atoms with Crippen LogP contribution in [0.25, 0.3) is 0 Å². The first-order valence-corrected chi connectivity index (χ1v) is 5.35. The Kier molecular flexibility index (Phi) is 3.67. The Balaban J connectivity index is 2.68. The average Bonchev–Trinajstić information content (AvgIpc) is 2.62. The summed E-state index contributed by atoms with van der Waals surface area (Å²) in [6, 6.07) is -0.493. The second-order valence-electron chi connectivity index (χ2n) is 4.83. The van der Waals surface area contributed by atoms with Crippen molar-refractivity contribution >= 4 is 18.7 Å². The molecule has 0 aromatic rings. The van der Waals surface area contributed by atoms with Crippen molar-refractivity contribution in [3.05, 3.63) is 0 Å². The molecule has 0 saturated carbocycles. The maximum atomic E-state index is 11.8. The van der Waals surface area contributed by atoms with E-state index in [2.05, 4.69) is 11.7 Å². The van der Waals surface area contributed by atoms with Crippen molar-refractivity contribution < 1.29 is 14.3 Å². The van der Waals surface area contributed by atoms with Gasteiger partial charge in [0.2, 0.25) is 0 Å². The fourth-order valence-electron chi connectivity index (χ4n) is 1.67. The van der Waals surface area contributed by atoms with Crippen LogP contribution < -0.4 is 0 Å². The molecule has 1 saturated heterocycles. The van der Waals surface area contributed by atoms with Crippen LogP contribution >= 0.6 is 0 Å². The molecule has 90 valence electrons. The van der Waals surface area contributed by atoms with Gasteiger partial charge in [-0.3, -0.25) is 9.69 Å². The summed E-state index contributed by atoms with van der Waals surface area (Å²) in [5.74, 6) is -0.358. The summed E-state index contributed by atoms with van der Waals surface area (Å²) in [6.45, 7) is 9.12. The molecule has 1 heterocycles. The van der Waals surface area contributed by atoms with E-state index in [1.54, 1.807) is 20.8 Å². The van der Waals surface area contributed by atoms with Gasteiger partial charge in [0, 0.05) is 6.54 Å². The van der Waals surface area contributed by atoms with Crippen LogP contribution in [-0.4, -0.2) is 41.8 Å². The third kappa shape index (κ3) is 3.05. The number of amides is 2. The van der Waals surface area contributed by atoms with Gasteiger partial charge in [0.15, 0.2) is 0 Å². The van der Waals surface area contributed by atoms with Gasteiger partial charge in [-0.05, 0) is 40.3 Å². The Morgan fingerprint density at radius 3 is 2.56 bits per heavy atom. The lowest BCUT2D eigenvalue weighted by Gasteiger charge is -2.27. The van der Waals surface area contributed by atoms with Crippen molar-refractivity contribution in [1.29, 1.82) is 0 Å². The van der Waals surface area contributed by atoms with E-state index in [-0.39, 0.29) is 5.91 Å². The Hall–Kier alpha value is -1.39. The molecular weight excluding hydrogens is 208 g/mol. The van der Waals surface area contributed by atoms with E-state index in [1.807, 2.05) is 0 Å². The molecule has 0 spiro atoms. The lowest BCUT2D eigenvalue weighted by atomic mass is 10.2.